The highest BCUT2D eigenvalue weighted by atomic mass is 32.2. The molecule has 2 fully saturated rings. The average Bonchev–Trinajstić information content (AvgIpc) is 2.49. The lowest BCUT2D eigenvalue weighted by Gasteiger charge is -2.39. The Labute approximate surface area is 122 Å². The van der Waals surface area contributed by atoms with Gasteiger partial charge in [-0.05, 0) is 25.8 Å². The summed E-state index contributed by atoms with van der Waals surface area (Å²) in [7, 11) is -3.32. The molecule has 118 valence electrons. The van der Waals surface area contributed by atoms with E-state index in [4.69, 9.17) is 4.74 Å². The van der Waals surface area contributed by atoms with Crippen LogP contribution < -0.4 is 5.32 Å². The summed E-state index contributed by atoms with van der Waals surface area (Å²) in [5.41, 5.74) is 0. The van der Waals surface area contributed by atoms with Gasteiger partial charge in [0.25, 0.3) is 10.2 Å². The first kappa shape index (κ1) is 16.2. The SMILES string of the molecule is CCCNCC1CCCCN1S(=O)(=O)N1CCOCC1. The fourth-order valence-electron chi connectivity index (χ4n) is 2.85. The van der Waals surface area contributed by atoms with Gasteiger partial charge in [-0.3, -0.25) is 0 Å². The van der Waals surface area contributed by atoms with Crippen molar-refractivity contribution in [3.8, 4) is 0 Å². The molecule has 1 atom stereocenters. The zero-order valence-corrected chi connectivity index (χ0v) is 13.2. The summed E-state index contributed by atoms with van der Waals surface area (Å²) in [5.74, 6) is 0. The predicted octanol–water partition coefficient (Wildman–Crippen LogP) is 0.418. The summed E-state index contributed by atoms with van der Waals surface area (Å²) < 4.78 is 34.0. The van der Waals surface area contributed by atoms with Gasteiger partial charge in [-0.15, -0.1) is 0 Å². The standard InChI is InChI=1S/C13H27N3O3S/c1-2-6-14-12-13-5-3-4-7-16(13)20(17,18)15-8-10-19-11-9-15/h13-14H,2-12H2,1H3. The Balaban J connectivity index is 2.01. The molecular weight excluding hydrogens is 278 g/mol. The molecule has 2 aliphatic rings. The van der Waals surface area contributed by atoms with Crippen molar-refractivity contribution < 1.29 is 13.2 Å². The van der Waals surface area contributed by atoms with Crippen molar-refractivity contribution in [3.63, 3.8) is 0 Å². The molecule has 0 radical (unpaired) electrons. The average molecular weight is 305 g/mol. The van der Waals surface area contributed by atoms with Crippen LogP contribution in [0, 0.1) is 0 Å². The molecule has 1 N–H and O–H groups in total. The minimum absolute atomic E-state index is 0.100. The minimum Gasteiger partial charge on any atom is -0.379 e. The fraction of sp³-hybridized carbons (Fsp3) is 1.00. The van der Waals surface area contributed by atoms with Crippen LogP contribution in [0.2, 0.25) is 0 Å². The monoisotopic (exact) mass is 305 g/mol. The van der Waals surface area contributed by atoms with E-state index in [0.29, 0.717) is 32.8 Å². The Morgan fingerprint density at radius 2 is 1.95 bits per heavy atom. The van der Waals surface area contributed by atoms with Gasteiger partial charge in [-0.1, -0.05) is 13.3 Å². The van der Waals surface area contributed by atoms with Crippen LogP contribution in [-0.2, 0) is 14.9 Å². The second kappa shape index (κ2) is 7.70. The third-order valence-corrected chi connectivity index (χ3v) is 6.06. The molecule has 0 aromatic rings. The molecule has 0 aromatic heterocycles. The van der Waals surface area contributed by atoms with E-state index in [1.165, 1.54) is 0 Å². The van der Waals surface area contributed by atoms with Crippen LogP contribution in [0.3, 0.4) is 0 Å². The maximum atomic E-state index is 12.8. The summed E-state index contributed by atoms with van der Waals surface area (Å²) in [6.45, 7) is 6.45. The molecule has 1 unspecified atom stereocenters. The van der Waals surface area contributed by atoms with Crippen molar-refractivity contribution >= 4 is 10.2 Å². The van der Waals surface area contributed by atoms with Crippen molar-refractivity contribution in [2.45, 2.75) is 38.6 Å². The minimum atomic E-state index is -3.32. The smallest absolute Gasteiger partial charge is 0.282 e. The summed E-state index contributed by atoms with van der Waals surface area (Å²) in [6, 6.07) is 0.100. The quantitative estimate of drug-likeness (QED) is 0.722. The molecule has 0 spiro atoms. The Morgan fingerprint density at radius 3 is 2.65 bits per heavy atom. The number of hydrogen-bond donors (Lipinski definition) is 1. The molecule has 2 saturated heterocycles. The van der Waals surface area contributed by atoms with E-state index < -0.39 is 10.2 Å². The van der Waals surface area contributed by atoms with Crippen LogP contribution in [0.1, 0.15) is 32.6 Å². The molecule has 7 heteroatoms. The molecule has 0 aromatic carbocycles. The highest BCUT2D eigenvalue weighted by molar-refractivity contribution is 7.86. The number of rotatable bonds is 6. The van der Waals surface area contributed by atoms with Gasteiger partial charge >= 0.3 is 0 Å². The van der Waals surface area contributed by atoms with E-state index in [-0.39, 0.29) is 6.04 Å². The number of morpholine rings is 1. The Hall–Kier alpha value is -0.210. The second-order valence-electron chi connectivity index (χ2n) is 5.48. The van der Waals surface area contributed by atoms with Crippen molar-refractivity contribution in [3.05, 3.63) is 0 Å². The third-order valence-electron chi connectivity index (χ3n) is 3.97. The van der Waals surface area contributed by atoms with Gasteiger partial charge in [0.2, 0.25) is 0 Å². The van der Waals surface area contributed by atoms with E-state index in [2.05, 4.69) is 12.2 Å². The third kappa shape index (κ3) is 3.92. The highest BCUT2D eigenvalue weighted by Gasteiger charge is 2.36. The molecule has 2 rings (SSSR count). The van der Waals surface area contributed by atoms with Crippen molar-refractivity contribution in [2.24, 2.45) is 0 Å². The predicted molar refractivity (Wildman–Crippen MR) is 78.8 cm³/mol. The van der Waals surface area contributed by atoms with Gasteiger partial charge < -0.3 is 10.1 Å². The van der Waals surface area contributed by atoms with Crippen molar-refractivity contribution in [2.75, 3.05) is 45.9 Å². The molecular formula is C13H27N3O3S. The highest BCUT2D eigenvalue weighted by Crippen LogP contribution is 2.22. The Bertz CT molecular complexity index is 382. The van der Waals surface area contributed by atoms with Crippen LogP contribution in [0.15, 0.2) is 0 Å². The maximum Gasteiger partial charge on any atom is 0.282 e. The molecule has 0 amide bonds. The normalized spacial score (nSPS) is 26.8. The van der Waals surface area contributed by atoms with Gasteiger partial charge in [0.1, 0.15) is 0 Å². The summed E-state index contributed by atoms with van der Waals surface area (Å²) in [5, 5.41) is 3.36. The van der Waals surface area contributed by atoms with E-state index >= 15 is 0 Å². The Morgan fingerprint density at radius 1 is 1.20 bits per heavy atom. The van der Waals surface area contributed by atoms with Gasteiger partial charge in [-0.25, -0.2) is 0 Å². The fourth-order valence-corrected chi connectivity index (χ4v) is 4.68. The lowest BCUT2D eigenvalue weighted by molar-refractivity contribution is 0.0682. The lowest BCUT2D eigenvalue weighted by atomic mass is 10.1. The largest absolute Gasteiger partial charge is 0.379 e. The first-order chi connectivity index (χ1) is 9.66. The van der Waals surface area contributed by atoms with Gasteiger partial charge in [-0.2, -0.15) is 17.0 Å². The molecule has 0 bridgehead atoms. The molecule has 6 nitrogen and oxygen atoms in total. The van der Waals surface area contributed by atoms with E-state index in [9.17, 15) is 8.42 Å². The molecule has 20 heavy (non-hydrogen) atoms. The number of nitrogens with zero attached hydrogens (tertiary/aromatic N) is 2. The van der Waals surface area contributed by atoms with E-state index in [1.54, 1.807) is 8.61 Å². The number of nitrogens with one attached hydrogen (secondary N) is 1. The number of ether oxygens (including phenoxy) is 1. The second-order valence-corrected chi connectivity index (χ2v) is 7.36. The van der Waals surface area contributed by atoms with Gasteiger partial charge in [0.05, 0.1) is 13.2 Å². The van der Waals surface area contributed by atoms with Crippen LogP contribution >= 0.6 is 0 Å². The van der Waals surface area contributed by atoms with E-state index in [0.717, 1.165) is 38.8 Å². The summed E-state index contributed by atoms with van der Waals surface area (Å²) in [4.78, 5) is 0. The number of piperidine rings is 1. The van der Waals surface area contributed by atoms with Crippen LogP contribution in [0.25, 0.3) is 0 Å². The zero-order valence-electron chi connectivity index (χ0n) is 12.4. The van der Waals surface area contributed by atoms with Crippen LogP contribution in [-0.4, -0.2) is 69.0 Å². The summed E-state index contributed by atoms with van der Waals surface area (Å²) in [6.07, 6.45) is 4.12. The van der Waals surface area contributed by atoms with Crippen molar-refractivity contribution in [1.82, 2.24) is 13.9 Å². The Kier molecular flexibility index (Phi) is 6.22. The molecule has 0 aliphatic carbocycles. The maximum absolute atomic E-state index is 12.8. The van der Waals surface area contributed by atoms with Gasteiger partial charge in [0.15, 0.2) is 0 Å². The van der Waals surface area contributed by atoms with Gasteiger partial charge in [0, 0.05) is 32.2 Å². The number of hydrogen-bond acceptors (Lipinski definition) is 4. The first-order valence-electron chi connectivity index (χ1n) is 7.71. The van der Waals surface area contributed by atoms with Crippen molar-refractivity contribution in [1.29, 1.82) is 0 Å². The van der Waals surface area contributed by atoms with E-state index in [1.807, 2.05) is 0 Å². The lowest BCUT2D eigenvalue weighted by Crippen LogP contribution is -2.55. The molecule has 2 aliphatic heterocycles. The van der Waals surface area contributed by atoms with Crippen LogP contribution in [0.5, 0.6) is 0 Å². The first-order valence-corrected chi connectivity index (χ1v) is 9.11. The topological polar surface area (TPSA) is 61.9 Å². The molecule has 2 heterocycles. The zero-order chi connectivity index (χ0) is 14.4. The summed E-state index contributed by atoms with van der Waals surface area (Å²) >= 11 is 0. The molecule has 0 saturated carbocycles. The van der Waals surface area contributed by atoms with Crippen LogP contribution in [0.4, 0.5) is 0 Å².